The predicted octanol–water partition coefficient (Wildman–Crippen LogP) is 2.29. The maximum atomic E-state index is 11.9. The first kappa shape index (κ1) is 13.4. The maximum Gasteiger partial charge on any atom is 0.276 e. The number of hydrazone groups is 1. The summed E-state index contributed by atoms with van der Waals surface area (Å²) in [4.78, 5) is 2.35. The van der Waals surface area contributed by atoms with Crippen LogP contribution in [0.15, 0.2) is 56.9 Å². The van der Waals surface area contributed by atoms with Gasteiger partial charge in [-0.1, -0.05) is 18.2 Å². The van der Waals surface area contributed by atoms with Crippen molar-refractivity contribution in [2.24, 2.45) is 5.10 Å². The van der Waals surface area contributed by atoms with Crippen molar-refractivity contribution in [2.75, 3.05) is 0 Å². The Morgan fingerprint density at radius 2 is 1.84 bits per heavy atom. The van der Waals surface area contributed by atoms with Gasteiger partial charge in [0.05, 0.1) is 4.90 Å². The molecule has 0 bridgehead atoms. The molecule has 0 saturated carbocycles. The summed E-state index contributed by atoms with van der Waals surface area (Å²) >= 11 is 0. The van der Waals surface area contributed by atoms with Crippen LogP contribution in [0.2, 0.25) is 0 Å². The smallest absolute Gasteiger partial charge is 0.276 e. The van der Waals surface area contributed by atoms with Gasteiger partial charge >= 0.3 is 0 Å². The number of sulfonamides is 1. The fourth-order valence-electron chi connectivity index (χ4n) is 1.46. The van der Waals surface area contributed by atoms with Crippen LogP contribution < -0.4 is 4.83 Å². The normalized spacial score (nSPS) is 12.4. The van der Waals surface area contributed by atoms with Gasteiger partial charge in [-0.3, -0.25) is 0 Å². The van der Waals surface area contributed by atoms with Crippen LogP contribution in [0.4, 0.5) is 0 Å². The summed E-state index contributed by atoms with van der Waals surface area (Å²) in [5, 5.41) is 3.84. The zero-order valence-corrected chi connectivity index (χ0v) is 11.4. The van der Waals surface area contributed by atoms with E-state index in [-0.39, 0.29) is 4.90 Å². The summed E-state index contributed by atoms with van der Waals surface area (Å²) in [6.07, 6.45) is 0. The Bertz CT molecular complexity index is 688. The largest absolute Gasteiger partial charge is 0.460 e. The minimum Gasteiger partial charge on any atom is -0.460 e. The van der Waals surface area contributed by atoms with Gasteiger partial charge in [-0.2, -0.15) is 18.4 Å². The number of hydrogen-bond acceptors (Lipinski definition) is 4. The highest BCUT2D eigenvalue weighted by molar-refractivity contribution is 7.89. The number of rotatable bonds is 4. The first-order valence-electron chi connectivity index (χ1n) is 5.67. The van der Waals surface area contributed by atoms with E-state index in [1.165, 1.54) is 12.1 Å². The monoisotopic (exact) mass is 278 g/mol. The Balaban J connectivity index is 2.18. The van der Waals surface area contributed by atoms with E-state index in [1.807, 2.05) is 6.92 Å². The molecule has 2 rings (SSSR count). The quantitative estimate of drug-likeness (QED) is 0.689. The van der Waals surface area contributed by atoms with Crippen LogP contribution in [0.3, 0.4) is 0 Å². The fraction of sp³-hybridized carbons (Fsp3) is 0.154. The number of hydrogen-bond donors (Lipinski definition) is 1. The SMILES string of the molecule is CC(=NNS(=O)(=O)c1ccccc1)c1ccc(C)o1. The van der Waals surface area contributed by atoms with Crippen molar-refractivity contribution in [3.8, 4) is 0 Å². The lowest BCUT2D eigenvalue weighted by Crippen LogP contribution is -2.19. The average Bonchev–Trinajstić information content (AvgIpc) is 2.84. The van der Waals surface area contributed by atoms with E-state index >= 15 is 0 Å². The van der Waals surface area contributed by atoms with Crippen molar-refractivity contribution in [3.05, 3.63) is 54.0 Å². The first-order valence-corrected chi connectivity index (χ1v) is 7.15. The first-order chi connectivity index (χ1) is 8.99. The topological polar surface area (TPSA) is 71.7 Å². The standard InChI is InChI=1S/C13H14N2O3S/c1-10-8-9-13(18-10)11(2)14-15-19(16,17)12-6-4-3-5-7-12/h3-9,15H,1-2H3. The van der Waals surface area contributed by atoms with Crippen LogP contribution in [-0.2, 0) is 10.0 Å². The molecule has 0 amide bonds. The molecule has 19 heavy (non-hydrogen) atoms. The second-order valence-electron chi connectivity index (χ2n) is 4.02. The molecule has 0 aliphatic rings. The molecule has 5 nitrogen and oxygen atoms in total. The molecule has 0 aliphatic carbocycles. The average molecular weight is 278 g/mol. The zero-order valence-electron chi connectivity index (χ0n) is 10.6. The minimum atomic E-state index is -3.64. The lowest BCUT2D eigenvalue weighted by molar-refractivity contribution is 0.524. The number of aryl methyl sites for hydroxylation is 1. The Labute approximate surface area is 112 Å². The van der Waals surface area contributed by atoms with Gasteiger partial charge in [-0.25, -0.2) is 0 Å². The van der Waals surface area contributed by atoms with E-state index in [9.17, 15) is 8.42 Å². The summed E-state index contributed by atoms with van der Waals surface area (Å²) < 4.78 is 29.2. The van der Waals surface area contributed by atoms with Gasteiger partial charge in [-0.15, -0.1) is 0 Å². The molecule has 0 aliphatic heterocycles. The predicted molar refractivity (Wildman–Crippen MR) is 72.4 cm³/mol. The number of benzene rings is 1. The van der Waals surface area contributed by atoms with E-state index in [4.69, 9.17) is 4.42 Å². The van der Waals surface area contributed by atoms with Crippen molar-refractivity contribution in [2.45, 2.75) is 18.7 Å². The summed E-state index contributed by atoms with van der Waals surface area (Å²) in [5.41, 5.74) is 0.465. The third-order valence-corrected chi connectivity index (χ3v) is 3.71. The number of nitrogens with zero attached hydrogens (tertiary/aromatic N) is 1. The van der Waals surface area contributed by atoms with Gasteiger partial charge in [0.2, 0.25) is 0 Å². The molecule has 0 radical (unpaired) electrons. The third kappa shape index (κ3) is 3.23. The molecule has 0 unspecified atom stereocenters. The third-order valence-electron chi connectivity index (χ3n) is 2.48. The molecule has 1 aromatic heterocycles. The fourth-order valence-corrected chi connectivity index (χ4v) is 2.34. The van der Waals surface area contributed by atoms with Gasteiger partial charge in [-0.05, 0) is 38.1 Å². The summed E-state index contributed by atoms with van der Waals surface area (Å²) in [5.74, 6) is 1.28. The van der Waals surface area contributed by atoms with Crippen LogP contribution in [0, 0.1) is 6.92 Å². The van der Waals surface area contributed by atoms with E-state index in [1.54, 1.807) is 37.3 Å². The molecule has 0 spiro atoms. The molecular formula is C13H14N2O3S. The molecule has 2 aromatic rings. The lowest BCUT2D eigenvalue weighted by atomic mass is 10.3. The molecule has 1 heterocycles. The highest BCUT2D eigenvalue weighted by Gasteiger charge is 2.12. The Kier molecular flexibility index (Phi) is 3.71. The van der Waals surface area contributed by atoms with Gasteiger partial charge in [0.15, 0.2) is 0 Å². The second kappa shape index (κ2) is 5.27. The summed E-state index contributed by atoms with van der Waals surface area (Å²) in [6, 6.07) is 11.6. The molecule has 1 aromatic carbocycles. The Morgan fingerprint density at radius 1 is 1.16 bits per heavy atom. The van der Waals surface area contributed by atoms with Crippen LogP contribution in [0.25, 0.3) is 0 Å². The van der Waals surface area contributed by atoms with Crippen molar-refractivity contribution >= 4 is 15.7 Å². The molecule has 6 heteroatoms. The molecule has 0 atom stereocenters. The minimum absolute atomic E-state index is 0.169. The van der Waals surface area contributed by atoms with Gasteiger partial charge in [0, 0.05) is 0 Å². The van der Waals surface area contributed by atoms with Gasteiger partial charge in [0.25, 0.3) is 10.0 Å². The Hall–Kier alpha value is -2.08. The van der Waals surface area contributed by atoms with E-state index in [0.29, 0.717) is 11.5 Å². The van der Waals surface area contributed by atoms with Crippen LogP contribution in [-0.4, -0.2) is 14.1 Å². The summed E-state index contributed by atoms with van der Waals surface area (Å²) in [6.45, 7) is 3.48. The Morgan fingerprint density at radius 3 is 2.42 bits per heavy atom. The molecular weight excluding hydrogens is 264 g/mol. The van der Waals surface area contributed by atoms with Crippen molar-refractivity contribution in [1.29, 1.82) is 0 Å². The highest BCUT2D eigenvalue weighted by Crippen LogP contribution is 2.09. The number of furan rings is 1. The molecule has 100 valence electrons. The van der Waals surface area contributed by atoms with E-state index in [0.717, 1.165) is 5.76 Å². The number of nitrogens with one attached hydrogen (secondary N) is 1. The zero-order chi connectivity index (χ0) is 13.9. The van der Waals surface area contributed by atoms with E-state index < -0.39 is 10.0 Å². The lowest BCUT2D eigenvalue weighted by Gasteiger charge is -2.03. The van der Waals surface area contributed by atoms with E-state index in [2.05, 4.69) is 9.93 Å². The van der Waals surface area contributed by atoms with Crippen molar-refractivity contribution in [1.82, 2.24) is 4.83 Å². The van der Waals surface area contributed by atoms with Crippen LogP contribution >= 0.6 is 0 Å². The van der Waals surface area contributed by atoms with Crippen LogP contribution in [0.5, 0.6) is 0 Å². The van der Waals surface area contributed by atoms with Gasteiger partial charge < -0.3 is 4.42 Å². The van der Waals surface area contributed by atoms with Crippen molar-refractivity contribution < 1.29 is 12.8 Å². The molecule has 0 fully saturated rings. The van der Waals surface area contributed by atoms with Crippen molar-refractivity contribution in [3.63, 3.8) is 0 Å². The molecule has 1 N–H and O–H groups in total. The maximum absolute atomic E-state index is 11.9. The summed E-state index contributed by atoms with van der Waals surface area (Å²) in [7, 11) is -3.64. The molecule has 0 saturated heterocycles. The second-order valence-corrected chi connectivity index (χ2v) is 5.68. The highest BCUT2D eigenvalue weighted by atomic mass is 32.2. The van der Waals surface area contributed by atoms with Crippen LogP contribution in [0.1, 0.15) is 18.4 Å². The van der Waals surface area contributed by atoms with Gasteiger partial charge in [0.1, 0.15) is 17.2 Å².